The van der Waals surface area contributed by atoms with Gasteiger partial charge in [0.2, 0.25) is 0 Å². The summed E-state index contributed by atoms with van der Waals surface area (Å²) in [4.78, 5) is 1.72. The van der Waals surface area contributed by atoms with E-state index in [1.54, 1.807) is 6.07 Å². The van der Waals surface area contributed by atoms with E-state index in [0.29, 0.717) is 15.3 Å². The Hall–Kier alpha value is -0.480. The van der Waals surface area contributed by atoms with Crippen LogP contribution in [-0.4, -0.2) is 10.2 Å². The summed E-state index contributed by atoms with van der Waals surface area (Å²) in [6.07, 6.45) is 0. The molecule has 6 heteroatoms. The zero-order valence-electron chi connectivity index (χ0n) is 7.82. The van der Waals surface area contributed by atoms with Crippen LogP contribution in [0.4, 0.5) is 0 Å². The van der Waals surface area contributed by atoms with Gasteiger partial charge >= 0.3 is 0 Å². The van der Waals surface area contributed by atoms with Crippen molar-refractivity contribution < 1.29 is 0 Å². The first-order valence-electron chi connectivity index (χ1n) is 4.27. The van der Waals surface area contributed by atoms with E-state index in [9.17, 15) is 0 Å². The second kappa shape index (κ2) is 5.23. The third-order valence-corrected chi connectivity index (χ3v) is 3.54. The Morgan fingerprint density at radius 2 is 1.81 bits per heavy atom. The van der Waals surface area contributed by atoms with Crippen molar-refractivity contribution in [2.45, 2.75) is 9.79 Å². The maximum absolute atomic E-state index is 5.90. The summed E-state index contributed by atoms with van der Waals surface area (Å²) in [5.41, 5.74) is 0. The van der Waals surface area contributed by atoms with Gasteiger partial charge in [0.1, 0.15) is 0 Å². The highest BCUT2D eigenvalue weighted by Gasteiger charge is 2.06. The molecule has 0 fully saturated rings. The van der Waals surface area contributed by atoms with Crippen LogP contribution in [0.25, 0.3) is 0 Å². The summed E-state index contributed by atoms with van der Waals surface area (Å²) in [5, 5.41) is 8.69. The average Bonchev–Trinajstić information content (AvgIpc) is 2.24. The quantitative estimate of drug-likeness (QED) is 0.809. The minimum absolute atomic E-state index is 0.314. The highest BCUT2D eigenvalue weighted by atomic mass is 35.5. The molecule has 1 heterocycles. The molecule has 0 unspecified atom stereocenters. The normalized spacial score (nSPS) is 10.4. The van der Waals surface area contributed by atoms with Crippen LogP contribution < -0.4 is 0 Å². The molecule has 0 saturated heterocycles. The van der Waals surface area contributed by atoms with Crippen molar-refractivity contribution >= 4 is 46.6 Å². The number of halogens is 3. The Bertz CT molecular complexity index is 519. The number of aromatic nitrogens is 2. The third-order valence-electron chi connectivity index (χ3n) is 1.71. The zero-order chi connectivity index (χ0) is 11.5. The summed E-state index contributed by atoms with van der Waals surface area (Å²) < 4.78 is 0. The van der Waals surface area contributed by atoms with Gasteiger partial charge in [0.15, 0.2) is 10.3 Å². The Morgan fingerprint density at radius 3 is 2.56 bits per heavy atom. The molecule has 0 amide bonds. The van der Waals surface area contributed by atoms with Gasteiger partial charge in [-0.25, -0.2) is 0 Å². The lowest BCUT2D eigenvalue weighted by molar-refractivity contribution is 0.998. The van der Waals surface area contributed by atoms with Crippen molar-refractivity contribution in [3.8, 4) is 0 Å². The lowest BCUT2D eigenvalue weighted by atomic mass is 10.4. The fraction of sp³-hybridized carbons (Fsp3) is 0. The van der Waals surface area contributed by atoms with E-state index in [2.05, 4.69) is 10.2 Å². The molecule has 0 N–H and O–H groups in total. The molecule has 1 aromatic heterocycles. The lowest BCUT2D eigenvalue weighted by Gasteiger charge is -2.03. The molecule has 0 radical (unpaired) electrons. The zero-order valence-corrected chi connectivity index (χ0v) is 10.9. The van der Waals surface area contributed by atoms with Crippen LogP contribution in [0.1, 0.15) is 0 Å². The van der Waals surface area contributed by atoms with Crippen molar-refractivity contribution in [3.63, 3.8) is 0 Å². The summed E-state index contributed by atoms with van der Waals surface area (Å²) in [7, 11) is 0. The number of hydrogen-bond donors (Lipinski definition) is 0. The van der Waals surface area contributed by atoms with Crippen molar-refractivity contribution in [2.75, 3.05) is 0 Å². The summed E-state index contributed by atoms with van der Waals surface area (Å²) in [5.74, 6) is 0. The topological polar surface area (TPSA) is 25.8 Å². The number of benzene rings is 1. The molecule has 0 atom stereocenters. The Labute approximate surface area is 112 Å². The summed E-state index contributed by atoms with van der Waals surface area (Å²) in [6.45, 7) is 0. The van der Waals surface area contributed by atoms with E-state index >= 15 is 0 Å². The second-order valence-electron chi connectivity index (χ2n) is 2.88. The Balaban J connectivity index is 2.30. The largest absolute Gasteiger partial charge is 0.165 e. The van der Waals surface area contributed by atoms with E-state index in [1.165, 1.54) is 11.8 Å². The molecule has 0 aliphatic carbocycles. The number of nitrogens with zero attached hydrogens (tertiary/aromatic N) is 2. The van der Waals surface area contributed by atoms with Gasteiger partial charge in [-0.1, -0.05) is 52.6 Å². The smallest absolute Gasteiger partial charge is 0.137 e. The van der Waals surface area contributed by atoms with Crippen molar-refractivity contribution in [3.05, 3.63) is 45.7 Å². The fourth-order valence-electron chi connectivity index (χ4n) is 1.07. The SMILES string of the molecule is Clc1cccc(Sc2cc(Cl)nnc2Cl)c1. The molecular formula is C10H5Cl3N2S. The molecule has 0 bridgehead atoms. The maximum Gasteiger partial charge on any atom is 0.165 e. The first-order valence-corrected chi connectivity index (χ1v) is 6.22. The van der Waals surface area contributed by atoms with Crippen molar-refractivity contribution in [1.82, 2.24) is 10.2 Å². The predicted molar refractivity (Wildman–Crippen MR) is 67.6 cm³/mol. The summed E-state index contributed by atoms with van der Waals surface area (Å²) >= 11 is 19.0. The monoisotopic (exact) mass is 290 g/mol. The molecule has 2 aromatic rings. The molecule has 2 rings (SSSR count). The molecule has 2 nitrogen and oxygen atoms in total. The second-order valence-corrected chi connectivity index (χ2v) is 5.18. The Kier molecular flexibility index (Phi) is 3.92. The first kappa shape index (κ1) is 12.0. The molecule has 0 aliphatic heterocycles. The van der Waals surface area contributed by atoms with Crippen LogP contribution in [0.15, 0.2) is 40.1 Å². The van der Waals surface area contributed by atoms with Gasteiger partial charge in [0.05, 0.1) is 4.90 Å². The van der Waals surface area contributed by atoms with Gasteiger partial charge in [0, 0.05) is 9.92 Å². The molecule has 16 heavy (non-hydrogen) atoms. The van der Waals surface area contributed by atoms with Gasteiger partial charge in [-0.3, -0.25) is 0 Å². The van der Waals surface area contributed by atoms with Crippen LogP contribution in [0, 0.1) is 0 Å². The Morgan fingerprint density at radius 1 is 1.00 bits per heavy atom. The molecule has 0 saturated carbocycles. The standard InChI is InChI=1S/C10H5Cl3N2S/c11-6-2-1-3-7(4-6)16-8-5-9(12)14-15-10(8)13/h1-5H. The van der Waals surface area contributed by atoms with Gasteiger partial charge in [-0.2, -0.15) is 0 Å². The first-order chi connectivity index (χ1) is 7.65. The van der Waals surface area contributed by atoms with Crippen LogP contribution in [-0.2, 0) is 0 Å². The van der Waals surface area contributed by atoms with Gasteiger partial charge < -0.3 is 0 Å². The molecule has 0 aliphatic rings. The van der Waals surface area contributed by atoms with Crippen LogP contribution >= 0.6 is 46.6 Å². The van der Waals surface area contributed by atoms with Crippen molar-refractivity contribution in [1.29, 1.82) is 0 Å². The fourth-order valence-corrected chi connectivity index (χ4v) is 2.62. The van der Waals surface area contributed by atoms with Gasteiger partial charge in [-0.15, -0.1) is 10.2 Å². The van der Waals surface area contributed by atoms with E-state index in [1.807, 2.05) is 24.3 Å². The summed E-state index contributed by atoms with van der Waals surface area (Å²) in [6, 6.07) is 9.13. The average molecular weight is 292 g/mol. The van der Waals surface area contributed by atoms with Crippen LogP contribution in [0.3, 0.4) is 0 Å². The van der Waals surface area contributed by atoms with Crippen molar-refractivity contribution in [2.24, 2.45) is 0 Å². The molecule has 1 aromatic carbocycles. The minimum atomic E-state index is 0.314. The van der Waals surface area contributed by atoms with E-state index in [4.69, 9.17) is 34.8 Å². The maximum atomic E-state index is 5.90. The van der Waals surface area contributed by atoms with E-state index in [0.717, 1.165) is 9.79 Å². The van der Waals surface area contributed by atoms with Crippen LogP contribution in [0.2, 0.25) is 15.3 Å². The highest BCUT2D eigenvalue weighted by Crippen LogP contribution is 2.33. The van der Waals surface area contributed by atoms with Crippen LogP contribution in [0.5, 0.6) is 0 Å². The van der Waals surface area contributed by atoms with Gasteiger partial charge in [-0.05, 0) is 24.3 Å². The van der Waals surface area contributed by atoms with E-state index < -0.39 is 0 Å². The van der Waals surface area contributed by atoms with Gasteiger partial charge in [0.25, 0.3) is 0 Å². The molecule has 82 valence electrons. The highest BCUT2D eigenvalue weighted by molar-refractivity contribution is 7.99. The van der Waals surface area contributed by atoms with E-state index in [-0.39, 0.29) is 0 Å². The minimum Gasteiger partial charge on any atom is -0.137 e. The predicted octanol–water partition coefficient (Wildman–Crippen LogP) is 4.59. The molecular weight excluding hydrogens is 287 g/mol. The number of hydrogen-bond acceptors (Lipinski definition) is 3. The number of rotatable bonds is 2. The lowest BCUT2D eigenvalue weighted by Crippen LogP contribution is -1.85. The third kappa shape index (κ3) is 3.01. The molecule has 0 spiro atoms.